The number of rotatable bonds is 7. The molecule has 0 bridgehead atoms. The highest BCUT2D eigenvalue weighted by Crippen LogP contribution is 2.23. The summed E-state index contributed by atoms with van der Waals surface area (Å²) in [6.07, 6.45) is 1.61. The molecule has 1 aliphatic rings. The Morgan fingerprint density at radius 1 is 1.22 bits per heavy atom. The first kappa shape index (κ1) is 18.4. The fourth-order valence-electron chi connectivity index (χ4n) is 3.37. The van der Waals surface area contributed by atoms with Crippen molar-refractivity contribution in [3.05, 3.63) is 35.9 Å². The van der Waals surface area contributed by atoms with Crippen LogP contribution in [0.2, 0.25) is 0 Å². The number of benzene rings is 1. The predicted octanol–water partition coefficient (Wildman–Crippen LogP) is 1.96. The summed E-state index contributed by atoms with van der Waals surface area (Å²) in [5, 5.41) is 9.26. The standard InChI is InChI=1S/C17H28N2O3S/c1-14-10-15(2)13-19(12-14)23(21,22)18-11-17(8-9-20)16-6-4-3-5-7-16/h3-7,14-15,17-18,20H,8-13H2,1-2H3. The van der Waals surface area contributed by atoms with Crippen molar-refractivity contribution in [2.24, 2.45) is 11.8 Å². The molecule has 1 aromatic carbocycles. The number of hydrogen-bond acceptors (Lipinski definition) is 3. The number of aliphatic hydroxyl groups excluding tert-OH is 1. The molecule has 2 N–H and O–H groups in total. The molecule has 0 aliphatic carbocycles. The van der Waals surface area contributed by atoms with E-state index in [0.717, 1.165) is 12.0 Å². The third kappa shape index (κ3) is 5.28. The van der Waals surface area contributed by atoms with Gasteiger partial charge in [-0.25, -0.2) is 4.72 Å². The van der Waals surface area contributed by atoms with Gasteiger partial charge in [0.1, 0.15) is 0 Å². The summed E-state index contributed by atoms with van der Waals surface area (Å²) in [5.41, 5.74) is 1.05. The Hall–Kier alpha value is -0.950. The normalized spacial score (nSPS) is 24.5. The van der Waals surface area contributed by atoms with E-state index in [-0.39, 0.29) is 12.5 Å². The number of hydrogen-bond donors (Lipinski definition) is 2. The monoisotopic (exact) mass is 340 g/mol. The number of piperidine rings is 1. The second-order valence-electron chi connectivity index (χ2n) is 6.74. The molecule has 0 saturated carbocycles. The molecule has 1 fully saturated rings. The van der Waals surface area contributed by atoms with Crippen molar-refractivity contribution in [2.45, 2.75) is 32.6 Å². The lowest BCUT2D eigenvalue weighted by molar-refractivity contribution is 0.220. The van der Waals surface area contributed by atoms with Gasteiger partial charge >= 0.3 is 0 Å². The summed E-state index contributed by atoms with van der Waals surface area (Å²) in [4.78, 5) is 0. The smallest absolute Gasteiger partial charge is 0.279 e. The van der Waals surface area contributed by atoms with Gasteiger partial charge in [0, 0.05) is 26.2 Å². The van der Waals surface area contributed by atoms with Crippen LogP contribution < -0.4 is 4.72 Å². The molecule has 5 nitrogen and oxygen atoms in total. The maximum absolute atomic E-state index is 12.6. The topological polar surface area (TPSA) is 69.6 Å². The lowest BCUT2D eigenvalue weighted by atomic mass is 9.94. The molecule has 1 saturated heterocycles. The molecule has 0 aromatic heterocycles. The van der Waals surface area contributed by atoms with Gasteiger partial charge in [-0.3, -0.25) is 0 Å². The van der Waals surface area contributed by atoms with Crippen LogP contribution in [-0.4, -0.2) is 44.1 Å². The Morgan fingerprint density at radius 3 is 2.39 bits per heavy atom. The quantitative estimate of drug-likeness (QED) is 0.797. The minimum atomic E-state index is -3.47. The van der Waals surface area contributed by atoms with Crippen LogP contribution in [0.5, 0.6) is 0 Å². The van der Waals surface area contributed by atoms with Gasteiger partial charge in [-0.2, -0.15) is 12.7 Å². The summed E-state index contributed by atoms with van der Waals surface area (Å²) in [7, 11) is -3.47. The zero-order valence-corrected chi connectivity index (χ0v) is 14.8. The van der Waals surface area contributed by atoms with Crippen molar-refractivity contribution >= 4 is 10.2 Å². The Labute approximate surface area is 139 Å². The van der Waals surface area contributed by atoms with Gasteiger partial charge in [-0.15, -0.1) is 0 Å². The Kier molecular flexibility index (Phi) is 6.59. The Balaban J connectivity index is 2.01. The first-order valence-corrected chi connectivity index (χ1v) is 9.77. The van der Waals surface area contributed by atoms with E-state index < -0.39 is 10.2 Å². The van der Waals surface area contributed by atoms with Crippen molar-refractivity contribution in [3.63, 3.8) is 0 Å². The van der Waals surface area contributed by atoms with E-state index in [1.165, 1.54) is 0 Å². The van der Waals surface area contributed by atoms with Crippen molar-refractivity contribution < 1.29 is 13.5 Å². The van der Waals surface area contributed by atoms with E-state index in [1.807, 2.05) is 30.3 Å². The Morgan fingerprint density at radius 2 is 1.83 bits per heavy atom. The van der Waals surface area contributed by atoms with Crippen LogP contribution in [0.1, 0.15) is 38.2 Å². The molecule has 1 heterocycles. The van der Waals surface area contributed by atoms with E-state index in [2.05, 4.69) is 18.6 Å². The summed E-state index contributed by atoms with van der Waals surface area (Å²) < 4.78 is 29.4. The minimum absolute atomic E-state index is 0.0180. The predicted molar refractivity (Wildman–Crippen MR) is 92.3 cm³/mol. The van der Waals surface area contributed by atoms with E-state index >= 15 is 0 Å². The Bertz CT molecular complexity index is 567. The van der Waals surface area contributed by atoms with Gasteiger partial charge in [-0.1, -0.05) is 44.2 Å². The number of nitrogens with one attached hydrogen (secondary N) is 1. The molecule has 23 heavy (non-hydrogen) atoms. The first-order chi connectivity index (χ1) is 10.9. The van der Waals surface area contributed by atoms with Crippen LogP contribution in [0.15, 0.2) is 30.3 Å². The largest absolute Gasteiger partial charge is 0.396 e. The SMILES string of the molecule is CC1CC(C)CN(S(=O)(=O)NCC(CCO)c2ccccc2)C1. The highest BCUT2D eigenvalue weighted by Gasteiger charge is 2.30. The lowest BCUT2D eigenvalue weighted by Crippen LogP contribution is -2.48. The van der Waals surface area contributed by atoms with Gasteiger partial charge in [0.2, 0.25) is 0 Å². The summed E-state index contributed by atoms with van der Waals surface area (Å²) >= 11 is 0. The average molecular weight is 340 g/mol. The zero-order valence-electron chi connectivity index (χ0n) is 14.0. The van der Waals surface area contributed by atoms with Gasteiger partial charge in [-0.05, 0) is 36.2 Å². The molecule has 1 aromatic rings. The highest BCUT2D eigenvalue weighted by molar-refractivity contribution is 7.87. The van der Waals surface area contributed by atoms with Crippen molar-refractivity contribution in [3.8, 4) is 0 Å². The maximum atomic E-state index is 12.6. The van der Waals surface area contributed by atoms with Gasteiger partial charge < -0.3 is 5.11 Å². The molecule has 3 unspecified atom stereocenters. The molecule has 1 aliphatic heterocycles. The second kappa shape index (κ2) is 8.24. The van der Waals surface area contributed by atoms with E-state index in [1.54, 1.807) is 4.31 Å². The van der Waals surface area contributed by atoms with Crippen LogP contribution >= 0.6 is 0 Å². The number of nitrogens with zero attached hydrogens (tertiary/aromatic N) is 1. The molecular formula is C17H28N2O3S. The fraction of sp³-hybridized carbons (Fsp3) is 0.647. The van der Waals surface area contributed by atoms with Crippen molar-refractivity contribution in [1.29, 1.82) is 0 Å². The third-order valence-electron chi connectivity index (χ3n) is 4.44. The molecular weight excluding hydrogens is 312 g/mol. The molecule has 130 valence electrons. The van der Waals surface area contributed by atoms with Gasteiger partial charge in [0.05, 0.1) is 0 Å². The van der Waals surface area contributed by atoms with Gasteiger partial charge in [0.25, 0.3) is 10.2 Å². The molecule has 3 atom stereocenters. The van der Waals surface area contributed by atoms with Crippen molar-refractivity contribution in [2.75, 3.05) is 26.2 Å². The summed E-state index contributed by atoms with van der Waals surface area (Å²) in [5.74, 6) is 0.756. The van der Waals surface area contributed by atoms with E-state index in [0.29, 0.717) is 37.9 Å². The summed E-state index contributed by atoms with van der Waals surface area (Å²) in [6.45, 7) is 5.70. The van der Waals surface area contributed by atoms with Gasteiger partial charge in [0.15, 0.2) is 0 Å². The first-order valence-electron chi connectivity index (χ1n) is 8.33. The fourth-order valence-corrected chi connectivity index (χ4v) is 4.86. The highest BCUT2D eigenvalue weighted by atomic mass is 32.2. The second-order valence-corrected chi connectivity index (χ2v) is 8.49. The zero-order chi connectivity index (χ0) is 16.9. The molecule has 0 spiro atoms. The van der Waals surface area contributed by atoms with E-state index in [9.17, 15) is 13.5 Å². The summed E-state index contributed by atoms with van der Waals surface area (Å²) in [6, 6.07) is 9.74. The lowest BCUT2D eigenvalue weighted by Gasteiger charge is -2.34. The molecule has 6 heteroatoms. The minimum Gasteiger partial charge on any atom is -0.396 e. The van der Waals surface area contributed by atoms with Crippen LogP contribution in [-0.2, 0) is 10.2 Å². The van der Waals surface area contributed by atoms with Crippen LogP contribution in [0.25, 0.3) is 0 Å². The molecule has 0 radical (unpaired) electrons. The molecule has 2 rings (SSSR count). The maximum Gasteiger partial charge on any atom is 0.279 e. The average Bonchev–Trinajstić information content (AvgIpc) is 2.51. The van der Waals surface area contributed by atoms with Crippen LogP contribution in [0.3, 0.4) is 0 Å². The molecule has 0 amide bonds. The van der Waals surface area contributed by atoms with Crippen molar-refractivity contribution in [1.82, 2.24) is 9.03 Å². The number of aliphatic hydroxyl groups is 1. The van der Waals surface area contributed by atoms with E-state index in [4.69, 9.17) is 0 Å². The van der Waals surface area contributed by atoms with Crippen LogP contribution in [0, 0.1) is 11.8 Å². The van der Waals surface area contributed by atoms with Crippen LogP contribution in [0.4, 0.5) is 0 Å². The third-order valence-corrected chi connectivity index (χ3v) is 5.95.